The molecule has 0 N–H and O–H groups in total. The van der Waals surface area contributed by atoms with Crippen molar-refractivity contribution < 1.29 is 22.7 Å². The zero-order valence-electron chi connectivity index (χ0n) is 10.7. The Morgan fingerprint density at radius 1 is 1.30 bits per heavy atom. The lowest BCUT2D eigenvalue weighted by Gasteiger charge is -2.14. The van der Waals surface area contributed by atoms with Crippen molar-refractivity contribution in [2.75, 3.05) is 7.11 Å². The molecule has 0 aliphatic rings. The van der Waals surface area contributed by atoms with Crippen molar-refractivity contribution in [3.63, 3.8) is 0 Å². The van der Waals surface area contributed by atoms with E-state index in [4.69, 9.17) is 0 Å². The summed E-state index contributed by atoms with van der Waals surface area (Å²) in [4.78, 5) is 11.5. The molecule has 2 rings (SSSR count). The summed E-state index contributed by atoms with van der Waals surface area (Å²) >= 11 is 0. The fourth-order valence-electron chi connectivity index (χ4n) is 1.89. The first-order valence-corrected chi connectivity index (χ1v) is 5.62. The highest BCUT2D eigenvalue weighted by Gasteiger charge is 2.34. The zero-order chi connectivity index (χ0) is 14.9. The van der Waals surface area contributed by atoms with Gasteiger partial charge in [-0.15, -0.1) is 0 Å². The molecular weight excluding hydrogens is 273 g/mol. The average Bonchev–Trinajstić information content (AvgIpc) is 2.82. The van der Waals surface area contributed by atoms with Gasteiger partial charge in [-0.05, 0) is 24.3 Å². The molecule has 0 radical (unpaired) electrons. The Morgan fingerprint density at radius 2 is 2.00 bits per heavy atom. The van der Waals surface area contributed by atoms with Crippen molar-refractivity contribution in [3.8, 4) is 11.3 Å². The van der Waals surface area contributed by atoms with Crippen molar-refractivity contribution in [3.05, 3.63) is 41.6 Å². The van der Waals surface area contributed by atoms with Crippen LogP contribution in [0.4, 0.5) is 13.2 Å². The number of aromatic nitrogens is 2. The van der Waals surface area contributed by atoms with Crippen LogP contribution in [0.3, 0.4) is 0 Å². The Balaban J connectivity index is 2.67. The summed E-state index contributed by atoms with van der Waals surface area (Å²) in [6.45, 7) is 0. The van der Waals surface area contributed by atoms with Crippen molar-refractivity contribution >= 4 is 5.97 Å². The molecule has 0 spiro atoms. The highest BCUT2D eigenvalue weighted by Crippen LogP contribution is 2.37. The Morgan fingerprint density at radius 3 is 2.50 bits per heavy atom. The Hall–Kier alpha value is -2.31. The molecule has 0 bridgehead atoms. The SMILES string of the molecule is COC(=O)c1ccc(C(F)(F)F)c(-c2ccnn2C)c1. The Bertz CT molecular complexity index is 647. The van der Waals surface area contributed by atoms with Gasteiger partial charge in [0.05, 0.1) is 23.9 Å². The molecule has 0 saturated carbocycles. The molecule has 20 heavy (non-hydrogen) atoms. The molecule has 0 amide bonds. The number of aryl methyl sites for hydroxylation is 1. The minimum atomic E-state index is -4.52. The van der Waals surface area contributed by atoms with Crippen molar-refractivity contribution in [1.82, 2.24) is 9.78 Å². The standard InChI is InChI=1S/C13H11F3N2O2/c1-18-11(5-6-17-18)9-7-8(12(19)20-2)3-4-10(9)13(14,15)16/h3-7H,1-2H3. The Kier molecular flexibility index (Phi) is 3.52. The second kappa shape index (κ2) is 4.99. The number of alkyl halides is 3. The number of carbonyl (C=O) groups is 1. The van der Waals surface area contributed by atoms with Crippen LogP contribution in [0.2, 0.25) is 0 Å². The van der Waals surface area contributed by atoms with Gasteiger partial charge in [0.1, 0.15) is 0 Å². The van der Waals surface area contributed by atoms with E-state index in [0.717, 1.165) is 18.2 Å². The van der Waals surface area contributed by atoms with Gasteiger partial charge in [0.2, 0.25) is 0 Å². The van der Waals surface area contributed by atoms with Crippen LogP contribution in [-0.2, 0) is 18.0 Å². The van der Waals surface area contributed by atoms with Gasteiger partial charge in [-0.1, -0.05) is 0 Å². The number of benzene rings is 1. The minimum absolute atomic E-state index is 0.0525. The van der Waals surface area contributed by atoms with E-state index < -0.39 is 17.7 Å². The molecule has 0 aliphatic carbocycles. The van der Waals surface area contributed by atoms with Gasteiger partial charge in [0, 0.05) is 18.8 Å². The van der Waals surface area contributed by atoms with Gasteiger partial charge in [-0.2, -0.15) is 18.3 Å². The van der Waals surface area contributed by atoms with E-state index >= 15 is 0 Å². The summed E-state index contributed by atoms with van der Waals surface area (Å²) in [5.74, 6) is -0.692. The van der Waals surface area contributed by atoms with E-state index in [9.17, 15) is 18.0 Å². The molecule has 1 aromatic heterocycles. The number of nitrogens with zero attached hydrogens (tertiary/aromatic N) is 2. The molecular formula is C13H11F3N2O2. The topological polar surface area (TPSA) is 44.1 Å². The molecule has 0 aliphatic heterocycles. The largest absolute Gasteiger partial charge is 0.465 e. The third kappa shape index (κ3) is 2.52. The fraction of sp³-hybridized carbons (Fsp3) is 0.231. The Labute approximate surface area is 112 Å². The highest BCUT2D eigenvalue weighted by atomic mass is 19.4. The van der Waals surface area contributed by atoms with Gasteiger partial charge in [0.15, 0.2) is 0 Å². The van der Waals surface area contributed by atoms with E-state index in [-0.39, 0.29) is 16.8 Å². The maximum absolute atomic E-state index is 13.0. The smallest absolute Gasteiger partial charge is 0.417 e. The van der Waals surface area contributed by atoms with Crippen molar-refractivity contribution in [1.29, 1.82) is 0 Å². The number of hydrogen-bond donors (Lipinski definition) is 0. The molecule has 0 atom stereocenters. The summed E-state index contributed by atoms with van der Waals surface area (Å²) in [6, 6.07) is 4.57. The molecule has 106 valence electrons. The molecule has 0 fully saturated rings. The van der Waals surface area contributed by atoms with Crippen molar-refractivity contribution in [2.24, 2.45) is 7.05 Å². The van der Waals surface area contributed by atoms with Gasteiger partial charge in [-0.25, -0.2) is 4.79 Å². The highest BCUT2D eigenvalue weighted by molar-refractivity contribution is 5.91. The third-order valence-corrected chi connectivity index (χ3v) is 2.84. The summed E-state index contributed by atoms with van der Waals surface area (Å²) in [7, 11) is 2.70. The van der Waals surface area contributed by atoms with E-state index in [1.54, 1.807) is 0 Å². The predicted molar refractivity (Wildman–Crippen MR) is 65.0 cm³/mol. The molecule has 4 nitrogen and oxygen atoms in total. The fourth-order valence-corrected chi connectivity index (χ4v) is 1.89. The molecule has 0 saturated heterocycles. The molecule has 7 heteroatoms. The van der Waals surface area contributed by atoms with Crippen LogP contribution in [0, 0.1) is 0 Å². The number of ether oxygens (including phenoxy) is 1. The number of carbonyl (C=O) groups excluding carboxylic acids is 1. The molecule has 2 aromatic rings. The maximum Gasteiger partial charge on any atom is 0.417 e. The second-order valence-electron chi connectivity index (χ2n) is 4.09. The summed E-state index contributed by atoms with van der Waals surface area (Å²) in [6.07, 6.45) is -3.13. The zero-order valence-corrected chi connectivity index (χ0v) is 10.7. The van der Waals surface area contributed by atoms with Gasteiger partial charge in [0.25, 0.3) is 0 Å². The number of methoxy groups -OCH3 is 1. The number of esters is 1. The van der Waals surface area contributed by atoms with Crippen LogP contribution < -0.4 is 0 Å². The molecule has 0 unspecified atom stereocenters. The van der Waals surface area contributed by atoms with Gasteiger partial charge in [-0.3, -0.25) is 4.68 Å². The predicted octanol–water partition coefficient (Wildman–Crippen LogP) is 2.89. The first kappa shape index (κ1) is 14.1. The van der Waals surface area contributed by atoms with Crippen LogP contribution >= 0.6 is 0 Å². The van der Waals surface area contributed by atoms with Crippen LogP contribution in [0.1, 0.15) is 15.9 Å². The first-order valence-electron chi connectivity index (χ1n) is 5.62. The first-order chi connectivity index (χ1) is 9.34. The molecule has 1 heterocycles. The maximum atomic E-state index is 13.0. The van der Waals surface area contributed by atoms with E-state index in [2.05, 4.69) is 9.84 Å². The van der Waals surface area contributed by atoms with E-state index in [0.29, 0.717) is 0 Å². The second-order valence-corrected chi connectivity index (χ2v) is 4.09. The summed E-state index contributed by atoms with van der Waals surface area (Å²) in [5, 5.41) is 3.84. The lowest BCUT2D eigenvalue weighted by Crippen LogP contribution is -2.10. The quantitative estimate of drug-likeness (QED) is 0.796. The van der Waals surface area contributed by atoms with Gasteiger partial charge >= 0.3 is 12.1 Å². The normalized spacial score (nSPS) is 11.4. The number of hydrogen-bond acceptors (Lipinski definition) is 3. The summed E-state index contributed by atoms with van der Waals surface area (Å²) in [5.41, 5.74) is -0.617. The number of rotatable bonds is 2. The van der Waals surface area contributed by atoms with E-state index in [1.807, 2.05) is 0 Å². The third-order valence-electron chi connectivity index (χ3n) is 2.84. The monoisotopic (exact) mass is 284 g/mol. The lowest BCUT2D eigenvalue weighted by atomic mass is 10.0. The van der Waals surface area contributed by atoms with Crippen LogP contribution in [0.5, 0.6) is 0 Å². The van der Waals surface area contributed by atoms with E-state index in [1.165, 1.54) is 31.1 Å². The molecule has 1 aromatic carbocycles. The van der Waals surface area contributed by atoms with Crippen LogP contribution in [-0.4, -0.2) is 22.9 Å². The average molecular weight is 284 g/mol. The van der Waals surface area contributed by atoms with Crippen LogP contribution in [0.25, 0.3) is 11.3 Å². The van der Waals surface area contributed by atoms with Crippen LogP contribution in [0.15, 0.2) is 30.5 Å². The van der Waals surface area contributed by atoms with Gasteiger partial charge < -0.3 is 4.74 Å². The minimum Gasteiger partial charge on any atom is -0.465 e. The van der Waals surface area contributed by atoms with Crippen molar-refractivity contribution in [2.45, 2.75) is 6.18 Å². The lowest BCUT2D eigenvalue weighted by molar-refractivity contribution is -0.137. The summed E-state index contributed by atoms with van der Waals surface area (Å²) < 4.78 is 45.0. The number of halogens is 3.